The second kappa shape index (κ2) is 6.98. The van der Waals surface area contributed by atoms with Crippen LogP contribution in [0.4, 0.5) is 5.69 Å². The molecule has 0 radical (unpaired) electrons. The number of benzene rings is 1. The van der Waals surface area contributed by atoms with Crippen molar-refractivity contribution < 1.29 is 13.2 Å². The number of nitrogens with one attached hydrogen (secondary N) is 1. The first-order valence-corrected chi connectivity index (χ1v) is 9.18. The summed E-state index contributed by atoms with van der Waals surface area (Å²) in [7, 11) is -0.450. The number of anilines is 1. The summed E-state index contributed by atoms with van der Waals surface area (Å²) in [5, 5.41) is 2.98. The highest BCUT2D eigenvalue weighted by molar-refractivity contribution is 7.86. The predicted octanol–water partition coefficient (Wildman–Crippen LogP) is 1.76. The number of hydrogen-bond acceptors (Lipinski definition) is 3. The van der Waals surface area contributed by atoms with Crippen LogP contribution in [0, 0.1) is 19.8 Å². The minimum atomic E-state index is -3.47. The van der Waals surface area contributed by atoms with Crippen molar-refractivity contribution in [2.45, 2.75) is 26.7 Å². The van der Waals surface area contributed by atoms with E-state index in [-0.39, 0.29) is 18.4 Å². The average molecular weight is 339 g/mol. The summed E-state index contributed by atoms with van der Waals surface area (Å²) < 4.78 is 27.1. The Labute approximate surface area is 138 Å². The molecule has 0 spiro atoms. The summed E-state index contributed by atoms with van der Waals surface area (Å²) >= 11 is 0. The zero-order valence-electron chi connectivity index (χ0n) is 14.2. The van der Waals surface area contributed by atoms with Crippen LogP contribution >= 0.6 is 0 Å². The Hall–Kier alpha value is -1.44. The first kappa shape index (κ1) is 17.9. The van der Waals surface area contributed by atoms with Crippen molar-refractivity contribution in [2.24, 2.45) is 5.92 Å². The van der Waals surface area contributed by atoms with E-state index >= 15 is 0 Å². The molecule has 1 aliphatic rings. The van der Waals surface area contributed by atoms with Crippen LogP contribution in [0.3, 0.4) is 0 Å². The molecule has 128 valence electrons. The minimum absolute atomic E-state index is 0.110. The average Bonchev–Trinajstić information content (AvgIpc) is 2.51. The normalized spacial score (nSPS) is 19.8. The third-order valence-corrected chi connectivity index (χ3v) is 6.18. The number of piperidine rings is 1. The fourth-order valence-corrected chi connectivity index (χ4v) is 4.02. The van der Waals surface area contributed by atoms with Crippen LogP contribution in [0.1, 0.15) is 24.0 Å². The van der Waals surface area contributed by atoms with E-state index < -0.39 is 10.2 Å². The van der Waals surface area contributed by atoms with Crippen LogP contribution in [0.15, 0.2) is 18.2 Å². The summed E-state index contributed by atoms with van der Waals surface area (Å²) in [5.41, 5.74) is 2.84. The number of aryl methyl sites for hydroxylation is 2. The number of para-hydroxylation sites is 1. The SMILES string of the molecule is Cc1cccc(C)c1NC(=O)[C@H]1CCCN(S(=O)(=O)N(C)C)C1. The number of rotatable bonds is 4. The molecule has 1 atom stereocenters. The van der Waals surface area contributed by atoms with Gasteiger partial charge in [-0.2, -0.15) is 17.0 Å². The van der Waals surface area contributed by atoms with Gasteiger partial charge >= 0.3 is 0 Å². The highest BCUT2D eigenvalue weighted by Gasteiger charge is 2.33. The summed E-state index contributed by atoms with van der Waals surface area (Å²) in [6.45, 7) is 4.60. The lowest BCUT2D eigenvalue weighted by atomic mass is 9.98. The van der Waals surface area contributed by atoms with Crippen LogP contribution in [-0.2, 0) is 15.0 Å². The van der Waals surface area contributed by atoms with Gasteiger partial charge in [0.15, 0.2) is 0 Å². The van der Waals surface area contributed by atoms with Crippen molar-refractivity contribution in [1.82, 2.24) is 8.61 Å². The molecule has 1 aromatic rings. The van der Waals surface area contributed by atoms with Gasteiger partial charge in [-0.1, -0.05) is 18.2 Å². The van der Waals surface area contributed by atoms with Crippen molar-refractivity contribution in [3.63, 3.8) is 0 Å². The van der Waals surface area contributed by atoms with Gasteiger partial charge in [-0.15, -0.1) is 0 Å². The first-order chi connectivity index (χ1) is 10.7. The smallest absolute Gasteiger partial charge is 0.281 e. The van der Waals surface area contributed by atoms with Gasteiger partial charge in [-0.25, -0.2) is 0 Å². The minimum Gasteiger partial charge on any atom is -0.325 e. The van der Waals surface area contributed by atoms with Crippen LogP contribution in [0.2, 0.25) is 0 Å². The van der Waals surface area contributed by atoms with Crippen molar-refractivity contribution in [1.29, 1.82) is 0 Å². The second-order valence-corrected chi connectivity index (χ2v) is 8.39. The van der Waals surface area contributed by atoms with Gasteiger partial charge in [0.2, 0.25) is 5.91 Å². The van der Waals surface area contributed by atoms with Crippen LogP contribution in [0.25, 0.3) is 0 Å². The van der Waals surface area contributed by atoms with Crippen LogP contribution in [0.5, 0.6) is 0 Å². The molecule has 23 heavy (non-hydrogen) atoms. The van der Waals surface area contributed by atoms with Gasteiger partial charge in [-0.05, 0) is 37.8 Å². The van der Waals surface area contributed by atoms with E-state index in [2.05, 4.69) is 5.32 Å². The summed E-state index contributed by atoms with van der Waals surface area (Å²) in [6.07, 6.45) is 1.40. The lowest BCUT2D eigenvalue weighted by molar-refractivity contribution is -0.120. The van der Waals surface area contributed by atoms with E-state index in [1.807, 2.05) is 32.0 Å². The zero-order chi connectivity index (χ0) is 17.2. The van der Waals surface area contributed by atoms with Crippen molar-refractivity contribution in [3.8, 4) is 0 Å². The molecule has 1 N–H and O–H groups in total. The number of carbonyl (C=O) groups excluding carboxylic acids is 1. The quantitative estimate of drug-likeness (QED) is 0.909. The van der Waals surface area contributed by atoms with Crippen LogP contribution in [-0.4, -0.2) is 50.1 Å². The predicted molar refractivity (Wildman–Crippen MR) is 91.4 cm³/mol. The van der Waals surface area contributed by atoms with E-state index in [0.29, 0.717) is 19.4 Å². The van der Waals surface area contributed by atoms with E-state index in [4.69, 9.17) is 0 Å². The molecule has 0 aliphatic carbocycles. The Balaban J connectivity index is 2.11. The van der Waals surface area contributed by atoms with Gasteiger partial charge in [0.1, 0.15) is 0 Å². The zero-order valence-corrected chi connectivity index (χ0v) is 15.0. The summed E-state index contributed by atoms with van der Waals surface area (Å²) in [5.74, 6) is -0.432. The van der Waals surface area contributed by atoms with E-state index in [9.17, 15) is 13.2 Å². The number of amides is 1. The molecule has 1 saturated heterocycles. The van der Waals surface area contributed by atoms with Gasteiger partial charge in [0, 0.05) is 32.9 Å². The Morgan fingerprint density at radius 2 is 1.87 bits per heavy atom. The Morgan fingerprint density at radius 3 is 2.43 bits per heavy atom. The molecule has 1 fully saturated rings. The lowest BCUT2D eigenvalue weighted by Gasteiger charge is -2.33. The van der Waals surface area contributed by atoms with E-state index in [0.717, 1.165) is 16.8 Å². The molecule has 7 heteroatoms. The summed E-state index contributed by atoms with van der Waals surface area (Å²) in [4.78, 5) is 12.6. The molecule has 0 saturated carbocycles. The third kappa shape index (κ3) is 3.91. The standard InChI is InChI=1S/C16H25N3O3S/c1-12-7-5-8-13(2)15(12)17-16(20)14-9-6-10-19(11-14)23(21,22)18(3)4/h5,7-8,14H,6,9-11H2,1-4H3,(H,17,20)/t14-/m0/s1. The maximum atomic E-state index is 12.6. The van der Waals surface area contributed by atoms with Gasteiger partial charge in [-0.3, -0.25) is 4.79 Å². The molecular formula is C16H25N3O3S. The molecular weight excluding hydrogens is 314 g/mol. The van der Waals surface area contributed by atoms with Gasteiger partial charge < -0.3 is 5.32 Å². The highest BCUT2D eigenvalue weighted by Crippen LogP contribution is 2.24. The largest absolute Gasteiger partial charge is 0.325 e. The topological polar surface area (TPSA) is 69.7 Å². The summed E-state index contributed by atoms with van der Waals surface area (Å²) in [6, 6.07) is 5.85. The number of hydrogen-bond donors (Lipinski definition) is 1. The molecule has 1 amide bonds. The van der Waals surface area contributed by atoms with Gasteiger partial charge in [0.05, 0.1) is 5.92 Å². The third-order valence-electron chi connectivity index (χ3n) is 4.27. The maximum absolute atomic E-state index is 12.6. The fraction of sp³-hybridized carbons (Fsp3) is 0.562. The molecule has 1 aliphatic heterocycles. The fourth-order valence-electron chi connectivity index (χ4n) is 2.83. The lowest BCUT2D eigenvalue weighted by Crippen LogP contribution is -2.47. The molecule has 1 aromatic carbocycles. The molecule has 0 aromatic heterocycles. The molecule has 0 bridgehead atoms. The highest BCUT2D eigenvalue weighted by atomic mass is 32.2. The molecule has 6 nitrogen and oxygen atoms in total. The van der Waals surface area contributed by atoms with Crippen molar-refractivity contribution in [3.05, 3.63) is 29.3 Å². The van der Waals surface area contributed by atoms with E-state index in [1.165, 1.54) is 22.7 Å². The second-order valence-electron chi connectivity index (χ2n) is 6.24. The van der Waals surface area contributed by atoms with Crippen LogP contribution < -0.4 is 5.32 Å². The molecule has 0 unspecified atom stereocenters. The van der Waals surface area contributed by atoms with Crippen molar-refractivity contribution >= 4 is 21.8 Å². The first-order valence-electron chi connectivity index (χ1n) is 7.78. The Bertz CT molecular complexity index is 666. The van der Waals surface area contributed by atoms with E-state index in [1.54, 1.807) is 0 Å². The van der Waals surface area contributed by atoms with Crippen molar-refractivity contribution in [2.75, 3.05) is 32.5 Å². The number of nitrogens with zero attached hydrogens (tertiary/aromatic N) is 2. The Kier molecular flexibility index (Phi) is 5.44. The monoisotopic (exact) mass is 339 g/mol. The molecule has 1 heterocycles. The van der Waals surface area contributed by atoms with Gasteiger partial charge in [0.25, 0.3) is 10.2 Å². The molecule has 2 rings (SSSR count). The maximum Gasteiger partial charge on any atom is 0.281 e. The Morgan fingerprint density at radius 1 is 1.26 bits per heavy atom. The number of carbonyl (C=O) groups is 1.